The highest BCUT2D eigenvalue weighted by Gasteiger charge is 2.27. The summed E-state index contributed by atoms with van der Waals surface area (Å²) < 4.78 is 27.5. The second kappa shape index (κ2) is 9.15. The molecule has 1 aliphatic rings. The summed E-state index contributed by atoms with van der Waals surface area (Å²) in [7, 11) is -3.76. The van der Waals surface area contributed by atoms with Crippen molar-refractivity contribution in [2.45, 2.75) is 49.6 Å². The number of sulfonamides is 1. The molecule has 1 saturated carbocycles. The number of nitrogens with one attached hydrogen (secondary N) is 1. The molecule has 6 heteroatoms. The first-order chi connectivity index (χ1) is 13.1. The predicted octanol–water partition coefficient (Wildman–Crippen LogP) is 3.33. The first kappa shape index (κ1) is 19.6. The maximum absolute atomic E-state index is 13.1. The Labute approximate surface area is 161 Å². The summed E-state index contributed by atoms with van der Waals surface area (Å²) in [5, 5.41) is 3.01. The molecule has 0 aliphatic heterocycles. The molecule has 2 aromatic carbocycles. The molecule has 144 valence electrons. The molecule has 0 spiro atoms. The Morgan fingerprint density at radius 2 is 1.52 bits per heavy atom. The maximum atomic E-state index is 13.1. The highest BCUT2D eigenvalue weighted by atomic mass is 32.2. The van der Waals surface area contributed by atoms with Gasteiger partial charge in [0.15, 0.2) is 0 Å². The van der Waals surface area contributed by atoms with E-state index in [0.717, 1.165) is 31.2 Å². The lowest BCUT2D eigenvalue weighted by atomic mass is 9.95. The van der Waals surface area contributed by atoms with E-state index in [1.807, 2.05) is 30.3 Å². The molecule has 2 aromatic rings. The molecule has 0 unspecified atom stereocenters. The van der Waals surface area contributed by atoms with Gasteiger partial charge in [0.2, 0.25) is 15.9 Å². The Bertz CT molecular complexity index is 832. The molecule has 27 heavy (non-hydrogen) atoms. The van der Waals surface area contributed by atoms with E-state index in [-0.39, 0.29) is 29.9 Å². The van der Waals surface area contributed by atoms with Crippen LogP contribution in [0.15, 0.2) is 65.6 Å². The number of hydrogen-bond donors (Lipinski definition) is 1. The minimum Gasteiger partial charge on any atom is -0.352 e. The van der Waals surface area contributed by atoms with Crippen LogP contribution in [0.1, 0.15) is 37.7 Å². The molecule has 0 atom stereocenters. The van der Waals surface area contributed by atoms with Gasteiger partial charge in [0, 0.05) is 12.6 Å². The standard InChI is InChI=1S/C21H26N2O3S/c24-21(22-19-12-6-2-7-13-19)17-23(16-18-10-4-1-5-11-18)27(25,26)20-14-8-3-9-15-20/h1,3-5,8-11,14-15,19H,2,6-7,12-13,16-17H2,(H,22,24). The van der Waals surface area contributed by atoms with Crippen molar-refractivity contribution in [1.82, 2.24) is 9.62 Å². The average Bonchev–Trinajstić information content (AvgIpc) is 2.70. The van der Waals surface area contributed by atoms with Crippen molar-refractivity contribution in [3.63, 3.8) is 0 Å². The molecule has 0 saturated heterocycles. The molecule has 1 amide bonds. The van der Waals surface area contributed by atoms with Crippen LogP contribution in [-0.2, 0) is 21.4 Å². The molecule has 1 N–H and O–H groups in total. The van der Waals surface area contributed by atoms with Crippen LogP contribution in [0.5, 0.6) is 0 Å². The summed E-state index contributed by atoms with van der Waals surface area (Å²) >= 11 is 0. The molecule has 0 bridgehead atoms. The predicted molar refractivity (Wildman–Crippen MR) is 105 cm³/mol. The normalized spacial score (nSPS) is 15.6. The van der Waals surface area contributed by atoms with Gasteiger partial charge in [-0.3, -0.25) is 4.79 Å². The second-order valence-electron chi connectivity index (χ2n) is 6.97. The number of nitrogens with zero attached hydrogens (tertiary/aromatic N) is 1. The monoisotopic (exact) mass is 386 g/mol. The zero-order valence-corrected chi connectivity index (χ0v) is 16.2. The van der Waals surface area contributed by atoms with Crippen LogP contribution >= 0.6 is 0 Å². The maximum Gasteiger partial charge on any atom is 0.243 e. The van der Waals surface area contributed by atoms with Crippen LogP contribution in [0, 0.1) is 0 Å². The van der Waals surface area contributed by atoms with Gasteiger partial charge < -0.3 is 5.32 Å². The fraction of sp³-hybridized carbons (Fsp3) is 0.381. The Balaban J connectivity index is 1.78. The van der Waals surface area contributed by atoms with Gasteiger partial charge in [0.1, 0.15) is 0 Å². The van der Waals surface area contributed by atoms with Crippen LogP contribution in [0.25, 0.3) is 0 Å². The van der Waals surface area contributed by atoms with Crippen LogP contribution in [0.4, 0.5) is 0 Å². The van der Waals surface area contributed by atoms with E-state index >= 15 is 0 Å². The number of carbonyl (C=O) groups is 1. The van der Waals surface area contributed by atoms with Gasteiger partial charge in [-0.1, -0.05) is 67.8 Å². The lowest BCUT2D eigenvalue weighted by Gasteiger charge is -2.26. The van der Waals surface area contributed by atoms with Gasteiger partial charge in [0.05, 0.1) is 11.4 Å². The second-order valence-corrected chi connectivity index (χ2v) is 8.91. The topological polar surface area (TPSA) is 66.5 Å². The van der Waals surface area contributed by atoms with Crippen molar-refractivity contribution < 1.29 is 13.2 Å². The van der Waals surface area contributed by atoms with Crippen molar-refractivity contribution in [2.24, 2.45) is 0 Å². The van der Waals surface area contributed by atoms with E-state index in [9.17, 15) is 13.2 Å². The minimum absolute atomic E-state index is 0.157. The zero-order chi connectivity index (χ0) is 19.1. The third kappa shape index (κ3) is 5.40. The summed E-state index contributed by atoms with van der Waals surface area (Å²) in [4.78, 5) is 12.8. The van der Waals surface area contributed by atoms with Gasteiger partial charge in [-0.05, 0) is 30.5 Å². The van der Waals surface area contributed by atoms with Crippen molar-refractivity contribution >= 4 is 15.9 Å². The molecule has 5 nitrogen and oxygen atoms in total. The molecule has 3 rings (SSSR count). The van der Waals surface area contributed by atoms with E-state index in [0.29, 0.717) is 0 Å². The number of amides is 1. The van der Waals surface area contributed by atoms with E-state index in [2.05, 4.69) is 5.32 Å². The largest absolute Gasteiger partial charge is 0.352 e. The number of hydrogen-bond acceptors (Lipinski definition) is 3. The lowest BCUT2D eigenvalue weighted by molar-refractivity contribution is -0.122. The van der Waals surface area contributed by atoms with Crippen LogP contribution < -0.4 is 5.32 Å². The van der Waals surface area contributed by atoms with Crippen molar-refractivity contribution in [2.75, 3.05) is 6.54 Å². The lowest BCUT2D eigenvalue weighted by Crippen LogP contribution is -2.44. The van der Waals surface area contributed by atoms with Gasteiger partial charge in [-0.2, -0.15) is 4.31 Å². The smallest absolute Gasteiger partial charge is 0.243 e. The number of rotatable bonds is 7. The zero-order valence-electron chi connectivity index (χ0n) is 15.4. The summed E-state index contributed by atoms with van der Waals surface area (Å²) in [6.07, 6.45) is 5.36. The number of benzene rings is 2. The molecule has 0 aromatic heterocycles. The summed E-state index contributed by atoms with van der Waals surface area (Å²) in [6.45, 7) is -0.0151. The molecule has 1 fully saturated rings. The Hall–Kier alpha value is -2.18. The summed E-state index contributed by atoms with van der Waals surface area (Å²) in [5.74, 6) is -0.239. The van der Waals surface area contributed by atoms with Crippen molar-refractivity contribution in [3.05, 3.63) is 66.2 Å². The van der Waals surface area contributed by atoms with Gasteiger partial charge in [-0.25, -0.2) is 8.42 Å². The van der Waals surface area contributed by atoms with Gasteiger partial charge in [0.25, 0.3) is 0 Å². The third-order valence-corrected chi connectivity index (χ3v) is 6.68. The van der Waals surface area contributed by atoms with Gasteiger partial charge in [-0.15, -0.1) is 0 Å². The van der Waals surface area contributed by atoms with Crippen molar-refractivity contribution in [1.29, 1.82) is 0 Å². The van der Waals surface area contributed by atoms with Crippen LogP contribution in [0.2, 0.25) is 0 Å². The Kier molecular flexibility index (Phi) is 6.63. The summed E-state index contributed by atoms with van der Waals surface area (Å²) in [5.41, 5.74) is 0.850. The fourth-order valence-electron chi connectivity index (χ4n) is 3.43. The molecule has 1 aliphatic carbocycles. The Morgan fingerprint density at radius 3 is 2.15 bits per heavy atom. The first-order valence-corrected chi connectivity index (χ1v) is 10.9. The van der Waals surface area contributed by atoms with Crippen molar-refractivity contribution in [3.8, 4) is 0 Å². The van der Waals surface area contributed by atoms with Gasteiger partial charge >= 0.3 is 0 Å². The highest BCUT2D eigenvalue weighted by Crippen LogP contribution is 2.20. The molecular formula is C21H26N2O3S. The first-order valence-electron chi connectivity index (χ1n) is 9.44. The SMILES string of the molecule is O=C(CN(Cc1ccccc1)S(=O)(=O)c1ccccc1)NC1CCCCC1. The summed E-state index contributed by atoms with van der Waals surface area (Å²) in [6, 6.07) is 17.8. The van der Waals surface area contributed by atoms with E-state index in [1.165, 1.54) is 10.7 Å². The highest BCUT2D eigenvalue weighted by molar-refractivity contribution is 7.89. The minimum atomic E-state index is -3.76. The van der Waals surface area contributed by atoms with E-state index < -0.39 is 10.0 Å². The average molecular weight is 387 g/mol. The van der Waals surface area contributed by atoms with Crippen LogP contribution in [-0.4, -0.2) is 31.2 Å². The van der Waals surface area contributed by atoms with E-state index in [1.54, 1.807) is 30.3 Å². The number of carbonyl (C=O) groups excluding carboxylic acids is 1. The fourth-order valence-corrected chi connectivity index (χ4v) is 4.84. The van der Waals surface area contributed by atoms with Crippen LogP contribution in [0.3, 0.4) is 0 Å². The Morgan fingerprint density at radius 1 is 0.926 bits per heavy atom. The quantitative estimate of drug-likeness (QED) is 0.794. The molecule has 0 radical (unpaired) electrons. The third-order valence-electron chi connectivity index (χ3n) is 4.87. The molecule has 0 heterocycles. The molecular weight excluding hydrogens is 360 g/mol. The van der Waals surface area contributed by atoms with E-state index in [4.69, 9.17) is 0 Å².